The lowest BCUT2D eigenvalue weighted by Gasteiger charge is -1.99. The molecule has 80 valence electrons. The standard InChI is InChI=1S/C10H13N3OS/c1-8-9(15-7-11-8)3-4-13-6-5-12(2)10(13)14/h5-7H,3-4H2,1-2H3. The second-order valence-electron chi connectivity index (χ2n) is 3.50. The quantitative estimate of drug-likeness (QED) is 0.784. The Kier molecular flexibility index (Phi) is 2.73. The van der Waals surface area contributed by atoms with Crippen molar-refractivity contribution in [2.24, 2.45) is 7.05 Å². The zero-order valence-electron chi connectivity index (χ0n) is 8.80. The fourth-order valence-electron chi connectivity index (χ4n) is 1.47. The molecular weight excluding hydrogens is 210 g/mol. The zero-order valence-corrected chi connectivity index (χ0v) is 9.62. The molecule has 15 heavy (non-hydrogen) atoms. The third-order valence-electron chi connectivity index (χ3n) is 2.44. The molecule has 0 radical (unpaired) electrons. The summed E-state index contributed by atoms with van der Waals surface area (Å²) in [6.07, 6.45) is 4.47. The van der Waals surface area contributed by atoms with E-state index < -0.39 is 0 Å². The molecule has 0 aliphatic carbocycles. The van der Waals surface area contributed by atoms with E-state index in [-0.39, 0.29) is 5.69 Å². The number of hydrogen-bond acceptors (Lipinski definition) is 3. The first-order chi connectivity index (χ1) is 7.18. The highest BCUT2D eigenvalue weighted by Gasteiger charge is 2.03. The Bertz CT molecular complexity index is 509. The van der Waals surface area contributed by atoms with Crippen molar-refractivity contribution in [2.75, 3.05) is 0 Å². The molecule has 2 aromatic heterocycles. The lowest BCUT2D eigenvalue weighted by molar-refractivity contribution is 0.652. The van der Waals surface area contributed by atoms with Crippen LogP contribution in [0, 0.1) is 6.92 Å². The maximum Gasteiger partial charge on any atom is 0.327 e. The van der Waals surface area contributed by atoms with Crippen LogP contribution in [0.5, 0.6) is 0 Å². The van der Waals surface area contributed by atoms with Gasteiger partial charge in [-0.3, -0.25) is 4.57 Å². The molecule has 2 heterocycles. The number of hydrogen-bond donors (Lipinski definition) is 0. The summed E-state index contributed by atoms with van der Waals surface area (Å²) in [7, 11) is 1.76. The monoisotopic (exact) mass is 223 g/mol. The van der Waals surface area contributed by atoms with Crippen LogP contribution in [0.2, 0.25) is 0 Å². The van der Waals surface area contributed by atoms with E-state index in [0.717, 1.165) is 18.7 Å². The van der Waals surface area contributed by atoms with E-state index in [1.54, 1.807) is 33.7 Å². The summed E-state index contributed by atoms with van der Waals surface area (Å²) in [5.74, 6) is 0. The number of aromatic nitrogens is 3. The third-order valence-corrected chi connectivity index (χ3v) is 3.44. The van der Waals surface area contributed by atoms with E-state index in [1.165, 1.54) is 4.88 Å². The fraction of sp³-hybridized carbons (Fsp3) is 0.400. The number of aryl methyl sites for hydroxylation is 4. The van der Waals surface area contributed by atoms with Gasteiger partial charge in [0.1, 0.15) is 0 Å². The maximum absolute atomic E-state index is 11.5. The summed E-state index contributed by atoms with van der Waals surface area (Å²) in [6, 6.07) is 0. The van der Waals surface area contributed by atoms with Gasteiger partial charge in [-0.25, -0.2) is 9.78 Å². The highest BCUT2D eigenvalue weighted by Crippen LogP contribution is 2.12. The molecule has 0 aliphatic heterocycles. The minimum atomic E-state index is 0.0390. The smallest absolute Gasteiger partial charge is 0.302 e. The second-order valence-corrected chi connectivity index (χ2v) is 4.44. The van der Waals surface area contributed by atoms with E-state index in [9.17, 15) is 4.79 Å². The minimum Gasteiger partial charge on any atom is -0.302 e. The zero-order chi connectivity index (χ0) is 10.8. The average Bonchev–Trinajstić information content (AvgIpc) is 2.74. The van der Waals surface area contributed by atoms with Crippen molar-refractivity contribution in [3.05, 3.63) is 39.0 Å². The van der Waals surface area contributed by atoms with E-state index in [0.29, 0.717) is 0 Å². The summed E-state index contributed by atoms with van der Waals surface area (Å²) < 4.78 is 3.30. The van der Waals surface area contributed by atoms with Gasteiger partial charge in [0.2, 0.25) is 0 Å². The molecule has 0 aromatic carbocycles. The predicted octanol–water partition coefficient (Wildman–Crippen LogP) is 1.19. The minimum absolute atomic E-state index is 0.0390. The predicted molar refractivity (Wildman–Crippen MR) is 60.2 cm³/mol. The number of thiazole rings is 1. The van der Waals surface area contributed by atoms with Crippen LogP contribution < -0.4 is 5.69 Å². The summed E-state index contributed by atoms with van der Waals surface area (Å²) in [5.41, 5.74) is 2.96. The molecule has 0 spiro atoms. The summed E-state index contributed by atoms with van der Waals surface area (Å²) in [4.78, 5) is 17.0. The molecule has 0 saturated heterocycles. The molecule has 0 amide bonds. The van der Waals surface area contributed by atoms with Crippen molar-refractivity contribution in [3.8, 4) is 0 Å². The van der Waals surface area contributed by atoms with Crippen LogP contribution in [0.3, 0.4) is 0 Å². The summed E-state index contributed by atoms with van der Waals surface area (Å²) >= 11 is 1.65. The van der Waals surface area contributed by atoms with Gasteiger partial charge in [-0.05, 0) is 6.92 Å². The Labute approximate surface area is 91.8 Å². The lowest BCUT2D eigenvalue weighted by Crippen LogP contribution is -2.22. The van der Waals surface area contributed by atoms with Crippen LogP contribution in [0.15, 0.2) is 22.7 Å². The molecule has 2 aromatic rings. The first-order valence-corrected chi connectivity index (χ1v) is 5.67. The lowest BCUT2D eigenvalue weighted by atomic mass is 10.3. The van der Waals surface area contributed by atoms with Gasteiger partial charge in [-0.2, -0.15) is 0 Å². The maximum atomic E-state index is 11.5. The van der Waals surface area contributed by atoms with Gasteiger partial charge in [0.25, 0.3) is 0 Å². The molecule has 0 bridgehead atoms. The van der Waals surface area contributed by atoms with Crippen LogP contribution >= 0.6 is 11.3 Å². The Morgan fingerprint density at radius 1 is 1.47 bits per heavy atom. The molecule has 0 fully saturated rings. The molecule has 0 aliphatic rings. The first-order valence-electron chi connectivity index (χ1n) is 4.79. The van der Waals surface area contributed by atoms with E-state index in [1.807, 2.05) is 18.6 Å². The SMILES string of the molecule is Cc1ncsc1CCn1ccn(C)c1=O. The third kappa shape index (κ3) is 2.02. The molecular formula is C10H13N3OS. The van der Waals surface area contributed by atoms with Crippen molar-refractivity contribution in [1.29, 1.82) is 0 Å². The van der Waals surface area contributed by atoms with Gasteiger partial charge in [0.15, 0.2) is 0 Å². The van der Waals surface area contributed by atoms with Crippen LogP contribution in [0.4, 0.5) is 0 Å². The van der Waals surface area contributed by atoms with Gasteiger partial charge in [-0.1, -0.05) is 0 Å². The molecule has 0 N–H and O–H groups in total. The molecule has 0 unspecified atom stereocenters. The average molecular weight is 223 g/mol. The fourth-order valence-corrected chi connectivity index (χ4v) is 2.24. The van der Waals surface area contributed by atoms with Crippen LogP contribution in [0.1, 0.15) is 10.6 Å². The van der Waals surface area contributed by atoms with Gasteiger partial charge < -0.3 is 4.57 Å². The van der Waals surface area contributed by atoms with Gasteiger partial charge in [0, 0.05) is 37.3 Å². The van der Waals surface area contributed by atoms with Crippen molar-refractivity contribution in [3.63, 3.8) is 0 Å². The summed E-state index contributed by atoms with van der Waals surface area (Å²) in [5, 5.41) is 0. The Balaban J connectivity index is 2.09. The Hall–Kier alpha value is -1.36. The molecule has 0 atom stereocenters. The largest absolute Gasteiger partial charge is 0.327 e. The number of nitrogens with zero attached hydrogens (tertiary/aromatic N) is 3. The Morgan fingerprint density at radius 3 is 2.80 bits per heavy atom. The number of imidazole rings is 1. The molecule has 5 heteroatoms. The van der Waals surface area contributed by atoms with E-state index in [4.69, 9.17) is 0 Å². The molecule has 4 nitrogen and oxygen atoms in total. The van der Waals surface area contributed by atoms with Crippen LogP contribution in [-0.2, 0) is 20.0 Å². The van der Waals surface area contributed by atoms with E-state index >= 15 is 0 Å². The highest BCUT2D eigenvalue weighted by atomic mass is 32.1. The van der Waals surface area contributed by atoms with Crippen LogP contribution in [-0.4, -0.2) is 14.1 Å². The highest BCUT2D eigenvalue weighted by molar-refractivity contribution is 7.09. The summed E-state index contributed by atoms with van der Waals surface area (Å²) in [6.45, 7) is 2.72. The number of rotatable bonds is 3. The van der Waals surface area contributed by atoms with Crippen molar-refractivity contribution in [2.45, 2.75) is 19.9 Å². The Morgan fingerprint density at radius 2 is 2.27 bits per heavy atom. The van der Waals surface area contributed by atoms with Crippen molar-refractivity contribution in [1.82, 2.24) is 14.1 Å². The van der Waals surface area contributed by atoms with Gasteiger partial charge in [0.05, 0.1) is 11.2 Å². The molecule has 2 rings (SSSR count). The van der Waals surface area contributed by atoms with Gasteiger partial charge >= 0.3 is 5.69 Å². The second kappa shape index (κ2) is 4.02. The normalized spacial score (nSPS) is 10.8. The van der Waals surface area contributed by atoms with E-state index in [2.05, 4.69) is 4.98 Å². The van der Waals surface area contributed by atoms with Gasteiger partial charge in [-0.15, -0.1) is 11.3 Å². The van der Waals surface area contributed by atoms with Crippen molar-refractivity contribution < 1.29 is 0 Å². The van der Waals surface area contributed by atoms with Crippen LogP contribution in [0.25, 0.3) is 0 Å². The first kappa shape index (κ1) is 10.2. The topological polar surface area (TPSA) is 39.8 Å². The van der Waals surface area contributed by atoms with Crippen molar-refractivity contribution >= 4 is 11.3 Å². The molecule has 0 saturated carbocycles.